The number of benzene rings is 2. The molecule has 0 aliphatic rings. The Balaban J connectivity index is 1.76. The molecule has 0 bridgehead atoms. The zero-order chi connectivity index (χ0) is 21.2. The van der Waals surface area contributed by atoms with Crippen LogP contribution < -0.4 is 5.32 Å². The van der Waals surface area contributed by atoms with E-state index in [1.165, 1.54) is 17.7 Å². The van der Waals surface area contributed by atoms with Crippen molar-refractivity contribution in [2.24, 2.45) is 0 Å². The maximum Gasteiger partial charge on any atom is 0.255 e. The molecule has 1 aromatic heterocycles. The summed E-state index contributed by atoms with van der Waals surface area (Å²) in [6.45, 7) is 10.1. The van der Waals surface area contributed by atoms with E-state index in [9.17, 15) is 9.18 Å². The van der Waals surface area contributed by atoms with E-state index in [0.717, 1.165) is 17.8 Å². The minimum atomic E-state index is -0.303. The zero-order valence-electron chi connectivity index (χ0n) is 17.7. The number of nitrogens with zero attached hydrogens (tertiary/aromatic N) is 2. The molecule has 3 aromatic rings. The highest BCUT2D eigenvalue weighted by Crippen LogP contribution is 2.28. The van der Waals surface area contributed by atoms with Gasteiger partial charge in [0.1, 0.15) is 5.82 Å². The molecule has 0 radical (unpaired) electrons. The molecule has 0 spiro atoms. The summed E-state index contributed by atoms with van der Waals surface area (Å²) in [5.41, 5.74) is 3.87. The van der Waals surface area contributed by atoms with Crippen molar-refractivity contribution >= 4 is 5.91 Å². The van der Waals surface area contributed by atoms with Gasteiger partial charge in [-0.15, -0.1) is 0 Å². The van der Waals surface area contributed by atoms with Crippen molar-refractivity contribution in [3.63, 3.8) is 0 Å². The van der Waals surface area contributed by atoms with Crippen molar-refractivity contribution in [2.45, 2.75) is 52.5 Å². The van der Waals surface area contributed by atoms with Crippen molar-refractivity contribution < 1.29 is 9.18 Å². The number of nitrogens with one attached hydrogen (secondary N) is 1. The fourth-order valence-electron chi connectivity index (χ4n) is 3.92. The molecule has 0 fully saturated rings. The predicted molar refractivity (Wildman–Crippen MR) is 114 cm³/mol. The summed E-state index contributed by atoms with van der Waals surface area (Å²) in [5.74, 6) is -0.437. The van der Waals surface area contributed by atoms with Gasteiger partial charge >= 0.3 is 0 Å². The fourth-order valence-corrected chi connectivity index (χ4v) is 3.92. The molecule has 152 valence electrons. The van der Waals surface area contributed by atoms with E-state index in [1.54, 1.807) is 16.8 Å². The number of carbonyl (C=O) groups excluding carboxylic acids is 1. The lowest BCUT2D eigenvalue weighted by atomic mass is 9.79. The molecule has 2 aromatic carbocycles. The lowest BCUT2D eigenvalue weighted by Gasteiger charge is -2.29. The summed E-state index contributed by atoms with van der Waals surface area (Å²) in [4.78, 5) is 13.0. The topological polar surface area (TPSA) is 46.9 Å². The molecule has 29 heavy (non-hydrogen) atoms. The predicted octanol–water partition coefficient (Wildman–Crippen LogP) is 5.11. The summed E-state index contributed by atoms with van der Waals surface area (Å²) in [7, 11) is 0. The van der Waals surface area contributed by atoms with E-state index < -0.39 is 0 Å². The molecule has 0 aliphatic carbocycles. The number of aryl methyl sites for hydroxylation is 1. The van der Waals surface area contributed by atoms with Gasteiger partial charge in [-0.1, -0.05) is 44.2 Å². The van der Waals surface area contributed by atoms with Gasteiger partial charge in [0.25, 0.3) is 5.91 Å². The average Bonchev–Trinajstić information content (AvgIpc) is 2.97. The van der Waals surface area contributed by atoms with Gasteiger partial charge in [0.05, 0.1) is 22.6 Å². The van der Waals surface area contributed by atoms with Crippen LogP contribution in [0, 0.1) is 19.7 Å². The van der Waals surface area contributed by atoms with Crippen LogP contribution >= 0.6 is 0 Å². The van der Waals surface area contributed by atoms with Gasteiger partial charge in [0.15, 0.2) is 0 Å². The van der Waals surface area contributed by atoms with Gasteiger partial charge in [-0.3, -0.25) is 4.79 Å². The zero-order valence-corrected chi connectivity index (χ0v) is 17.7. The van der Waals surface area contributed by atoms with Crippen LogP contribution in [0.15, 0.2) is 54.6 Å². The number of hydrogen-bond acceptors (Lipinski definition) is 2. The van der Waals surface area contributed by atoms with Crippen LogP contribution in [-0.4, -0.2) is 21.7 Å². The normalized spacial score (nSPS) is 12.6. The Morgan fingerprint density at radius 1 is 1.10 bits per heavy atom. The van der Waals surface area contributed by atoms with Crippen molar-refractivity contribution in [1.29, 1.82) is 0 Å². The van der Waals surface area contributed by atoms with Crippen LogP contribution in [-0.2, 0) is 5.41 Å². The molecule has 1 unspecified atom stereocenters. The monoisotopic (exact) mass is 393 g/mol. The second-order valence-corrected chi connectivity index (χ2v) is 8.26. The van der Waals surface area contributed by atoms with Crippen LogP contribution in [0.1, 0.15) is 54.5 Å². The number of halogens is 1. The molecule has 1 N–H and O–H groups in total. The molecule has 1 atom stereocenters. The Morgan fingerprint density at radius 2 is 1.72 bits per heavy atom. The molecular formula is C24H28FN3O. The molecule has 3 rings (SSSR count). The van der Waals surface area contributed by atoms with E-state index in [0.29, 0.717) is 11.3 Å². The van der Waals surface area contributed by atoms with Crippen LogP contribution in [0.25, 0.3) is 5.69 Å². The van der Waals surface area contributed by atoms with Gasteiger partial charge in [-0.25, -0.2) is 9.07 Å². The quantitative estimate of drug-likeness (QED) is 0.632. The van der Waals surface area contributed by atoms with E-state index in [2.05, 4.69) is 36.4 Å². The SMILES string of the molecule is Cc1nn(-c2ccc(F)cc2)c(C)c1C(=O)NC(C)CC(C)(C)c1ccccc1. The second kappa shape index (κ2) is 8.19. The molecule has 5 heteroatoms. The van der Waals surface area contributed by atoms with Gasteiger partial charge in [-0.2, -0.15) is 5.10 Å². The van der Waals surface area contributed by atoms with Gasteiger partial charge in [0.2, 0.25) is 0 Å². The smallest absolute Gasteiger partial charge is 0.255 e. The molecule has 0 aliphatic heterocycles. The van der Waals surface area contributed by atoms with Crippen molar-refractivity contribution in [2.75, 3.05) is 0 Å². The minimum absolute atomic E-state index is 0.00863. The molecular weight excluding hydrogens is 365 g/mol. The minimum Gasteiger partial charge on any atom is -0.349 e. The van der Waals surface area contributed by atoms with Crippen LogP contribution in [0.5, 0.6) is 0 Å². The highest BCUT2D eigenvalue weighted by atomic mass is 19.1. The second-order valence-electron chi connectivity index (χ2n) is 8.26. The van der Waals surface area contributed by atoms with Crippen molar-refractivity contribution in [3.8, 4) is 5.69 Å². The summed E-state index contributed by atoms with van der Waals surface area (Å²) in [6, 6.07) is 16.4. The maximum absolute atomic E-state index is 13.2. The Hall–Kier alpha value is -2.95. The highest BCUT2D eigenvalue weighted by molar-refractivity contribution is 5.96. The standard InChI is InChI=1S/C24H28FN3O/c1-16(15-24(4,5)19-9-7-6-8-10-19)26-23(29)22-17(2)27-28(18(22)3)21-13-11-20(25)12-14-21/h6-14,16H,15H2,1-5H3,(H,26,29). The number of carbonyl (C=O) groups is 1. The molecule has 0 saturated heterocycles. The molecule has 0 saturated carbocycles. The first-order chi connectivity index (χ1) is 13.7. The van der Waals surface area contributed by atoms with Crippen molar-refractivity contribution in [1.82, 2.24) is 15.1 Å². The third-order valence-corrected chi connectivity index (χ3v) is 5.34. The summed E-state index contributed by atoms with van der Waals surface area (Å²) in [6.07, 6.45) is 0.812. The lowest BCUT2D eigenvalue weighted by Crippen LogP contribution is -2.37. The number of aromatic nitrogens is 2. The number of amides is 1. The van der Waals surface area contributed by atoms with Crippen LogP contribution in [0.4, 0.5) is 4.39 Å². The fraction of sp³-hybridized carbons (Fsp3) is 0.333. The first-order valence-electron chi connectivity index (χ1n) is 9.87. The lowest BCUT2D eigenvalue weighted by molar-refractivity contribution is 0.0933. The maximum atomic E-state index is 13.2. The Morgan fingerprint density at radius 3 is 2.34 bits per heavy atom. The highest BCUT2D eigenvalue weighted by Gasteiger charge is 2.26. The molecule has 4 nitrogen and oxygen atoms in total. The molecule has 1 amide bonds. The van der Waals surface area contributed by atoms with E-state index in [-0.39, 0.29) is 23.2 Å². The van der Waals surface area contributed by atoms with Gasteiger partial charge in [0, 0.05) is 6.04 Å². The van der Waals surface area contributed by atoms with E-state index >= 15 is 0 Å². The first-order valence-corrected chi connectivity index (χ1v) is 9.87. The summed E-state index contributed by atoms with van der Waals surface area (Å²) < 4.78 is 14.9. The van der Waals surface area contributed by atoms with E-state index in [4.69, 9.17) is 0 Å². The summed E-state index contributed by atoms with van der Waals surface area (Å²) in [5, 5.41) is 7.62. The summed E-state index contributed by atoms with van der Waals surface area (Å²) >= 11 is 0. The van der Waals surface area contributed by atoms with Crippen LogP contribution in [0.3, 0.4) is 0 Å². The third-order valence-electron chi connectivity index (χ3n) is 5.34. The Kier molecular flexibility index (Phi) is 5.87. The van der Waals surface area contributed by atoms with Gasteiger partial charge in [-0.05, 0) is 62.4 Å². The van der Waals surface area contributed by atoms with Crippen LogP contribution in [0.2, 0.25) is 0 Å². The Labute approximate surface area is 171 Å². The largest absolute Gasteiger partial charge is 0.349 e. The first kappa shape index (κ1) is 20.8. The Bertz CT molecular complexity index is 991. The van der Waals surface area contributed by atoms with Gasteiger partial charge < -0.3 is 5.32 Å². The van der Waals surface area contributed by atoms with Crippen molar-refractivity contribution in [3.05, 3.63) is 82.9 Å². The molecule has 1 heterocycles. The number of hydrogen-bond donors (Lipinski definition) is 1. The number of rotatable bonds is 6. The average molecular weight is 394 g/mol. The third kappa shape index (κ3) is 4.56. The van der Waals surface area contributed by atoms with E-state index in [1.807, 2.05) is 39.0 Å².